The lowest BCUT2D eigenvalue weighted by molar-refractivity contribution is -0.137. The molecular weight excluding hydrogens is 222 g/mol. The summed E-state index contributed by atoms with van der Waals surface area (Å²) in [6.07, 6.45) is 0. The van der Waals surface area contributed by atoms with E-state index in [-0.39, 0.29) is 18.4 Å². The fourth-order valence-corrected chi connectivity index (χ4v) is 1.62. The number of carbonyl (C=O) groups is 2. The molecule has 0 spiro atoms. The molecular formula is C11H11N3O3. The van der Waals surface area contributed by atoms with Crippen molar-refractivity contribution in [3.63, 3.8) is 0 Å². The van der Waals surface area contributed by atoms with Crippen molar-refractivity contribution in [2.45, 2.75) is 13.5 Å². The van der Waals surface area contributed by atoms with Crippen molar-refractivity contribution in [2.24, 2.45) is 0 Å². The standard InChI is InChI=1S/C11H11N3O3/c1-7(15)12-11-13-8-4-2-3-5-9(8)14(11)6-10(16)17/h2-5H,6H2,1H3,(H,16,17)(H,12,13,15). The molecule has 2 N–H and O–H groups in total. The summed E-state index contributed by atoms with van der Waals surface area (Å²) in [6, 6.07) is 7.12. The summed E-state index contributed by atoms with van der Waals surface area (Å²) in [7, 11) is 0. The van der Waals surface area contributed by atoms with Crippen LogP contribution in [-0.2, 0) is 16.1 Å². The Balaban J connectivity index is 2.56. The lowest BCUT2D eigenvalue weighted by atomic mass is 10.3. The number of para-hydroxylation sites is 2. The number of hydrogen-bond acceptors (Lipinski definition) is 3. The lowest BCUT2D eigenvalue weighted by Gasteiger charge is -2.05. The molecule has 0 aliphatic rings. The predicted octanol–water partition coefficient (Wildman–Crippen LogP) is 1.08. The van der Waals surface area contributed by atoms with Crippen LogP contribution < -0.4 is 5.32 Å². The van der Waals surface area contributed by atoms with Gasteiger partial charge in [0, 0.05) is 6.92 Å². The van der Waals surface area contributed by atoms with Crippen LogP contribution in [0.25, 0.3) is 11.0 Å². The Morgan fingerprint density at radius 2 is 2.12 bits per heavy atom. The highest BCUT2D eigenvalue weighted by molar-refractivity contribution is 5.90. The van der Waals surface area contributed by atoms with Crippen LogP contribution in [0.15, 0.2) is 24.3 Å². The van der Waals surface area contributed by atoms with E-state index in [2.05, 4.69) is 10.3 Å². The van der Waals surface area contributed by atoms with Gasteiger partial charge in [0.15, 0.2) is 0 Å². The van der Waals surface area contributed by atoms with Gasteiger partial charge >= 0.3 is 5.97 Å². The van der Waals surface area contributed by atoms with Gasteiger partial charge in [0.25, 0.3) is 0 Å². The van der Waals surface area contributed by atoms with Gasteiger partial charge in [-0.15, -0.1) is 0 Å². The molecule has 0 fully saturated rings. The first kappa shape index (κ1) is 11.1. The fourth-order valence-electron chi connectivity index (χ4n) is 1.62. The molecule has 1 amide bonds. The minimum atomic E-state index is -0.986. The molecule has 1 aromatic heterocycles. The molecule has 88 valence electrons. The zero-order valence-electron chi connectivity index (χ0n) is 9.17. The summed E-state index contributed by atoms with van der Waals surface area (Å²) >= 11 is 0. The van der Waals surface area contributed by atoms with Gasteiger partial charge in [-0.25, -0.2) is 4.98 Å². The number of aromatic nitrogens is 2. The smallest absolute Gasteiger partial charge is 0.323 e. The summed E-state index contributed by atoms with van der Waals surface area (Å²) in [4.78, 5) is 26.0. The number of amides is 1. The highest BCUT2D eigenvalue weighted by Crippen LogP contribution is 2.19. The first-order chi connectivity index (χ1) is 8.08. The summed E-state index contributed by atoms with van der Waals surface area (Å²) in [5.74, 6) is -1.02. The lowest BCUT2D eigenvalue weighted by Crippen LogP contribution is -2.15. The predicted molar refractivity (Wildman–Crippen MR) is 61.7 cm³/mol. The molecule has 6 heteroatoms. The Morgan fingerprint density at radius 1 is 1.41 bits per heavy atom. The van der Waals surface area contributed by atoms with E-state index in [0.29, 0.717) is 11.0 Å². The highest BCUT2D eigenvalue weighted by Gasteiger charge is 2.13. The number of nitrogens with one attached hydrogen (secondary N) is 1. The molecule has 0 aliphatic carbocycles. The monoisotopic (exact) mass is 233 g/mol. The maximum Gasteiger partial charge on any atom is 0.323 e. The normalized spacial score (nSPS) is 10.4. The average Bonchev–Trinajstić information content (AvgIpc) is 2.55. The number of imidazole rings is 1. The van der Waals surface area contributed by atoms with Crippen molar-refractivity contribution in [3.05, 3.63) is 24.3 Å². The summed E-state index contributed by atoms with van der Waals surface area (Å²) < 4.78 is 1.46. The van der Waals surface area contributed by atoms with Crippen molar-refractivity contribution in [1.29, 1.82) is 0 Å². The molecule has 0 atom stereocenters. The first-order valence-electron chi connectivity index (χ1n) is 5.02. The van der Waals surface area contributed by atoms with Crippen molar-refractivity contribution < 1.29 is 14.7 Å². The number of rotatable bonds is 3. The molecule has 1 heterocycles. The molecule has 0 unspecified atom stereocenters. The van der Waals surface area contributed by atoms with Crippen LogP contribution >= 0.6 is 0 Å². The van der Waals surface area contributed by atoms with Gasteiger partial charge in [-0.2, -0.15) is 0 Å². The molecule has 0 saturated carbocycles. The van der Waals surface area contributed by atoms with Crippen LogP contribution in [-0.4, -0.2) is 26.5 Å². The van der Waals surface area contributed by atoms with E-state index in [1.807, 2.05) is 0 Å². The van der Waals surface area contributed by atoms with Crippen LogP contribution in [0.5, 0.6) is 0 Å². The molecule has 0 radical (unpaired) electrons. The number of nitrogens with zero attached hydrogens (tertiary/aromatic N) is 2. The number of anilines is 1. The van der Waals surface area contributed by atoms with Gasteiger partial charge in [0.2, 0.25) is 11.9 Å². The summed E-state index contributed by atoms with van der Waals surface area (Å²) in [5, 5.41) is 11.4. The Bertz CT molecular complexity index is 589. The van der Waals surface area contributed by atoms with Gasteiger partial charge < -0.3 is 5.11 Å². The highest BCUT2D eigenvalue weighted by atomic mass is 16.4. The Kier molecular flexibility index (Phi) is 2.78. The van der Waals surface area contributed by atoms with Crippen molar-refractivity contribution in [2.75, 3.05) is 5.32 Å². The molecule has 2 aromatic rings. The van der Waals surface area contributed by atoms with Crippen LogP contribution in [0.3, 0.4) is 0 Å². The minimum absolute atomic E-state index is 0.240. The zero-order valence-corrected chi connectivity index (χ0v) is 9.17. The van der Waals surface area contributed by atoms with Crippen LogP contribution in [0.1, 0.15) is 6.92 Å². The second-order valence-corrected chi connectivity index (χ2v) is 3.59. The second kappa shape index (κ2) is 4.25. The maximum atomic E-state index is 11.0. The third-order valence-corrected chi connectivity index (χ3v) is 2.24. The SMILES string of the molecule is CC(=O)Nc1nc2ccccc2n1CC(=O)O. The zero-order chi connectivity index (χ0) is 12.4. The van der Waals surface area contributed by atoms with E-state index in [4.69, 9.17) is 5.11 Å². The molecule has 0 bridgehead atoms. The molecule has 17 heavy (non-hydrogen) atoms. The minimum Gasteiger partial charge on any atom is -0.480 e. The van der Waals surface area contributed by atoms with Gasteiger partial charge in [0.1, 0.15) is 6.54 Å². The van der Waals surface area contributed by atoms with Crippen LogP contribution in [0.2, 0.25) is 0 Å². The van der Waals surface area contributed by atoms with E-state index in [0.717, 1.165) is 0 Å². The topological polar surface area (TPSA) is 84.2 Å². The van der Waals surface area contributed by atoms with E-state index >= 15 is 0 Å². The van der Waals surface area contributed by atoms with Crippen LogP contribution in [0, 0.1) is 0 Å². The Hall–Kier alpha value is -2.37. The number of aliphatic carboxylic acids is 1. The van der Waals surface area contributed by atoms with Crippen molar-refractivity contribution in [1.82, 2.24) is 9.55 Å². The number of carboxylic acids is 1. The number of carbonyl (C=O) groups excluding carboxylic acids is 1. The quantitative estimate of drug-likeness (QED) is 0.830. The largest absolute Gasteiger partial charge is 0.480 e. The maximum absolute atomic E-state index is 11.0. The average molecular weight is 233 g/mol. The van der Waals surface area contributed by atoms with Crippen molar-refractivity contribution in [3.8, 4) is 0 Å². The van der Waals surface area contributed by atoms with Crippen molar-refractivity contribution >= 4 is 28.9 Å². The molecule has 1 aromatic carbocycles. The number of fused-ring (bicyclic) bond motifs is 1. The third kappa shape index (κ3) is 2.25. The molecule has 0 aliphatic heterocycles. The van der Waals surface area contributed by atoms with E-state index in [9.17, 15) is 9.59 Å². The first-order valence-corrected chi connectivity index (χ1v) is 5.02. The van der Waals surface area contributed by atoms with E-state index < -0.39 is 5.97 Å². The van der Waals surface area contributed by atoms with Crippen LogP contribution in [0.4, 0.5) is 5.95 Å². The second-order valence-electron chi connectivity index (χ2n) is 3.59. The fraction of sp³-hybridized carbons (Fsp3) is 0.182. The summed E-state index contributed by atoms with van der Waals surface area (Å²) in [6.45, 7) is 1.11. The number of carboxylic acid groups (broad SMARTS) is 1. The number of hydrogen-bond donors (Lipinski definition) is 2. The number of benzene rings is 1. The third-order valence-electron chi connectivity index (χ3n) is 2.24. The summed E-state index contributed by atoms with van der Waals surface area (Å²) in [5.41, 5.74) is 1.33. The van der Waals surface area contributed by atoms with Gasteiger partial charge in [-0.05, 0) is 12.1 Å². The van der Waals surface area contributed by atoms with Gasteiger partial charge in [-0.1, -0.05) is 12.1 Å². The van der Waals surface area contributed by atoms with Gasteiger partial charge in [-0.3, -0.25) is 19.5 Å². The van der Waals surface area contributed by atoms with E-state index in [1.54, 1.807) is 24.3 Å². The van der Waals surface area contributed by atoms with E-state index in [1.165, 1.54) is 11.5 Å². The Labute approximate surface area is 96.9 Å². The molecule has 0 saturated heterocycles. The Morgan fingerprint density at radius 3 is 2.76 bits per heavy atom. The molecule has 6 nitrogen and oxygen atoms in total. The van der Waals surface area contributed by atoms with Gasteiger partial charge in [0.05, 0.1) is 11.0 Å². The molecule has 2 rings (SSSR count).